The summed E-state index contributed by atoms with van der Waals surface area (Å²) in [6, 6.07) is 11.5. The highest BCUT2D eigenvalue weighted by molar-refractivity contribution is 7.80. The van der Waals surface area contributed by atoms with Crippen molar-refractivity contribution in [3.63, 3.8) is 0 Å². The largest absolute Gasteiger partial charge is 0.497 e. The SMILES string of the molecule is COc1ccc(NC(=S)NC(=NCCc2cccs2)Nc2nc(C)cc(C)n2)c(OC)c1. The van der Waals surface area contributed by atoms with Gasteiger partial charge >= 0.3 is 0 Å². The second-order valence-electron chi connectivity index (χ2n) is 6.80. The highest BCUT2D eigenvalue weighted by Gasteiger charge is 2.10. The fourth-order valence-corrected chi connectivity index (χ4v) is 3.80. The van der Waals surface area contributed by atoms with Gasteiger partial charge in [-0.1, -0.05) is 6.07 Å². The molecule has 0 saturated carbocycles. The molecule has 0 aliphatic heterocycles. The standard InChI is InChI=1S/C22H26N6O2S2/c1-14-12-15(2)25-21(24-14)27-20(23-10-9-17-6-5-11-32-17)28-22(31)26-18-8-7-16(29-3)13-19(18)30-4/h5-8,11-13H,9-10H2,1-4H3,(H3,23,24,25,26,27,28,31). The van der Waals surface area contributed by atoms with Crippen molar-refractivity contribution in [2.24, 2.45) is 4.99 Å². The van der Waals surface area contributed by atoms with E-state index in [4.69, 9.17) is 21.7 Å². The molecule has 10 heteroatoms. The van der Waals surface area contributed by atoms with E-state index in [1.807, 2.05) is 38.1 Å². The number of methoxy groups -OCH3 is 2. The summed E-state index contributed by atoms with van der Waals surface area (Å²) < 4.78 is 10.7. The van der Waals surface area contributed by atoms with Gasteiger partial charge in [0.15, 0.2) is 5.11 Å². The Morgan fingerprint density at radius 3 is 2.50 bits per heavy atom. The minimum atomic E-state index is 0.347. The normalized spacial score (nSPS) is 11.1. The maximum absolute atomic E-state index is 5.51. The number of anilines is 2. The smallest absolute Gasteiger partial charge is 0.229 e. The third-order valence-electron chi connectivity index (χ3n) is 4.31. The van der Waals surface area contributed by atoms with Crippen LogP contribution in [0.25, 0.3) is 0 Å². The van der Waals surface area contributed by atoms with Crippen LogP contribution in [0.4, 0.5) is 11.6 Å². The maximum atomic E-state index is 5.51. The summed E-state index contributed by atoms with van der Waals surface area (Å²) in [6.45, 7) is 4.42. The lowest BCUT2D eigenvalue weighted by Gasteiger charge is -2.16. The summed E-state index contributed by atoms with van der Waals surface area (Å²) in [7, 11) is 3.20. The molecule has 0 fully saturated rings. The van der Waals surface area contributed by atoms with E-state index in [1.54, 1.807) is 31.6 Å². The number of guanidine groups is 1. The number of nitrogens with zero attached hydrogens (tertiary/aromatic N) is 3. The zero-order valence-corrected chi connectivity index (χ0v) is 20.1. The van der Waals surface area contributed by atoms with E-state index in [9.17, 15) is 0 Å². The Bertz CT molecular complexity index is 1070. The molecule has 2 aromatic heterocycles. The summed E-state index contributed by atoms with van der Waals surface area (Å²) in [5.74, 6) is 2.21. The van der Waals surface area contributed by atoms with Crippen LogP contribution in [0.3, 0.4) is 0 Å². The number of aromatic nitrogens is 2. The van der Waals surface area contributed by atoms with Crippen molar-refractivity contribution < 1.29 is 9.47 Å². The molecular formula is C22H26N6O2S2. The zero-order chi connectivity index (χ0) is 22.9. The number of ether oxygens (including phenoxy) is 2. The second kappa shape index (κ2) is 11.4. The molecule has 8 nitrogen and oxygen atoms in total. The molecule has 0 aliphatic carbocycles. The average molecular weight is 471 g/mol. The second-order valence-corrected chi connectivity index (χ2v) is 8.24. The first-order valence-electron chi connectivity index (χ1n) is 9.93. The van der Waals surface area contributed by atoms with E-state index in [0.717, 1.165) is 17.8 Å². The van der Waals surface area contributed by atoms with Crippen LogP contribution >= 0.6 is 23.6 Å². The van der Waals surface area contributed by atoms with Crippen LogP contribution < -0.4 is 25.4 Å². The molecule has 32 heavy (non-hydrogen) atoms. The van der Waals surface area contributed by atoms with Gasteiger partial charge in [-0.3, -0.25) is 10.3 Å². The molecule has 0 atom stereocenters. The third kappa shape index (κ3) is 6.89. The van der Waals surface area contributed by atoms with Crippen molar-refractivity contribution >= 4 is 46.3 Å². The predicted molar refractivity (Wildman–Crippen MR) is 134 cm³/mol. The van der Waals surface area contributed by atoms with Crippen LogP contribution in [0, 0.1) is 13.8 Å². The minimum Gasteiger partial charge on any atom is -0.497 e. The molecule has 3 rings (SSSR count). The molecule has 168 valence electrons. The Morgan fingerprint density at radius 2 is 1.84 bits per heavy atom. The van der Waals surface area contributed by atoms with E-state index in [0.29, 0.717) is 40.8 Å². The van der Waals surface area contributed by atoms with Gasteiger partial charge in [0, 0.05) is 35.3 Å². The fraction of sp³-hybridized carbons (Fsp3) is 0.273. The summed E-state index contributed by atoms with van der Waals surface area (Å²) in [4.78, 5) is 14.8. The van der Waals surface area contributed by atoms with Crippen LogP contribution in [-0.4, -0.2) is 41.8 Å². The van der Waals surface area contributed by atoms with Crippen molar-refractivity contribution in [1.29, 1.82) is 0 Å². The first-order chi connectivity index (χ1) is 15.5. The lowest BCUT2D eigenvalue weighted by molar-refractivity contribution is 0.395. The van der Waals surface area contributed by atoms with Gasteiger partial charge in [-0.2, -0.15) is 0 Å². The summed E-state index contributed by atoms with van der Waals surface area (Å²) in [5, 5.41) is 11.8. The number of rotatable bonds is 7. The van der Waals surface area contributed by atoms with Gasteiger partial charge in [0.25, 0.3) is 0 Å². The fourth-order valence-electron chi connectivity index (χ4n) is 2.89. The monoisotopic (exact) mass is 470 g/mol. The van der Waals surface area contributed by atoms with Crippen molar-refractivity contribution in [1.82, 2.24) is 15.3 Å². The van der Waals surface area contributed by atoms with Gasteiger partial charge in [-0.15, -0.1) is 11.3 Å². The van der Waals surface area contributed by atoms with E-state index >= 15 is 0 Å². The molecule has 0 radical (unpaired) electrons. The Morgan fingerprint density at radius 1 is 1.06 bits per heavy atom. The first kappa shape index (κ1) is 23.4. The Hall–Kier alpha value is -3.24. The summed E-state index contributed by atoms with van der Waals surface area (Å²) in [5.41, 5.74) is 2.43. The van der Waals surface area contributed by atoms with Crippen molar-refractivity contribution in [2.45, 2.75) is 20.3 Å². The number of hydrogen-bond acceptors (Lipinski definition) is 7. The number of thiocarbonyl (C=S) groups is 1. The highest BCUT2D eigenvalue weighted by atomic mass is 32.1. The van der Waals surface area contributed by atoms with Crippen molar-refractivity contribution in [3.8, 4) is 11.5 Å². The number of thiophene rings is 1. The van der Waals surface area contributed by atoms with E-state index in [-0.39, 0.29) is 0 Å². The number of benzene rings is 1. The molecule has 3 N–H and O–H groups in total. The quantitative estimate of drug-likeness (QED) is 0.269. The molecular weight excluding hydrogens is 444 g/mol. The molecule has 1 aromatic carbocycles. The highest BCUT2D eigenvalue weighted by Crippen LogP contribution is 2.28. The van der Waals surface area contributed by atoms with Gasteiger partial charge in [-0.05, 0) is 55.7 Å². The number of aliphatic imine (C=N–C) groups is 1. The molecule has 0 aliphatic rings. The van der Waals surface area contributed by atoms with Gasteiger partial charge < -0.3 is 20.1 Å². The maximum Gasteiger partial charge on any atom is 0.229 e. The number of nitrogens with one attached hydrogen (secondary N) is 3. The van der Waals surface area contributed by atoms with Crippen LogP contribution in [0.1, 0.15) is 16.3 Å². The van der Waals surface area contributed by atoms with E-state index in [2.05, 4.69) is 42.4 Å². The summed E-state index contributed by atoms with van der Waals surface area (Å²) >= 11 is 7.22. The molecule has 0 saturated heterocycles. The van der Waals surface area contributed by atoms with Gasteiger partial charge in [0.1, 0.15) is 11.5 Å². The topological polar surface area (TPSA) is 92.7 Å². The Labute approximate surface area is 197 Å². The Kier molecular flexibility index (Phi) is 8.34. The summed E-state index contributed by atoms with van der Waals surface area (Å²) in [6.07, 6.45) is 0.824. The number of aryl methyl sites for hydroxylation is 2. The van der Waals surface area contributed by atoms with Gasteiger partial charge in [0.2, 0.25) is 11.9 Å². The number of hydrogen-bond donors (Lipinski definition) is 3. The Balaban J connectivity index is 1.74. The third-order valence-corrected chi connectivity index (χ3v) is 5.45. The van der Waals surface area contributed by atoms with Crippen LogP contribution in [0.5, 0.6) is 11.5 Å². The molecule has 0 spiro atoms. The zero-order valence-electron chi connectivity index (χ0n) is 18.4. The molecule has 0 unspecified atom stereocenters. The van der Waals surface area contributed by atoms with Crippen LogP contribution in [0.2, 0.25) is 0 Å². The van der Waals surface area contributed by atoms with Crippen LogP contribution in [0.15, 0.2) is 46.8 Å². The lowest BCUT2D eigenvalue weighted by atomic mass is 10.2. The van der Waals surface area contributed by atoms with Gasteiger partial charge in [0.05, 0.1) is 19.9 Å². The van der Waals surface area contributed by atoms with Crippen LogP contribution in [-0.2, 0) is 6.42 Å². The van der Waals surface area contributed by atoms with E-state index in [1.165, 1.54) is 4.88 Å². The van der Waals surface area contributed by atoms with Gasteiger partial charge in [-0.25, -0.2) is 9.97 Å². The predicted octanol–water partition coefficient (Wildman–Crippen LogP) is 4.17. The molecule has 2 heterocycles. The van der Waals surface area contributed by atoms with Crippen molar-refractivity contribution in [2.75, 3.05) is 31.4 Å². The molecule has 0 amide bonds. The molecule has 3 aromatic rings. The van der Waals surface area contributed by atoms with E-state index < -0.39 is 0 Å². The van der Waals surface area contributed by atoms with Crippen molar-refractivity contribution in [3.05, 3.63) is 58.0 Å². The first-order valence-corrected chi connectivity index (χ1v) is 11.2. The lowest BCUT2D eigenvalue weighted by Crippen LogP contribution is -2.39. The molecule has 0 bridgehead atoms. The average Bonchev–Trinajstić information content (AvgIpc) is 3.26. The minimum absolute atomic E-state index is 0.347.